The maximum atomic E-state index is 12.6. The van der Waals surface area contributed by atoms with Gasteiger partial charge in [0.05, 0.1) is 16.6 Å². The minimum Gasteiger partial charge on any atom is -0.336 e. The number of fused-ring (bicyclic) bond motifs is 1. The molecule has 0 radical (unpaired) electrons. The molecule has 3 rings (SSSR count). The fourth-order valence-electron chi connectivity index (χ4n) is 2.74. The number of amides is 1. The molecule has 0 aliphatic carbocycles. The summed E-state index contributed by atoms with van der Waals surface area (Å²) in [6.07, 6.45) is 2.73. The van der Waals surface area contributed by atoms with Crippen molar-refractivity contribution in [2.45, 2.75) is 20.3 Å². The first-order valence-electron chi connectivity index (χ1n) is 7.42. The van der Waals surface area contributed by atoms with Gasteiger partial charge in [-0.15, -0.1) is 0 Å². The van der Waals surface area contributed by atoms with E-state index < -0.39 is 0 Å². The summed E-state index contributed by atoms with van der Waals surface area (Å²) in [6, 6.07) is 1.83. The second-order valence-corrected chi connectivity index (χ2v) is 5.48. The van der Waals surface area contributed by atoms with E-state index in [4.69, 9.17) is 4.52 Å². The molecule has 6 nitrogen and oxygen atoms in total. The Bertz CT molecular complexity index is 644. The number of hydrogen-bond acceptors (Lipinski definition) is 5. The second kappa shape index (κ2) is 5.81. The summed E-state index contributed by atoms with van der Waals surface area (Å²) >= 11 is 0. The fraction of sp³-hybridized carbons (Fsp3) is 0.533. The van der Waals surface area contributed by atoms with Crippen molar-refractivity contribution in [3.8, 4) is 0 Å². The van der Waals surface area contributed by atoms with E-state index in [9.17, 15) is 4.79 Å². The first-order chi connectivity index (χ1) is 10.2. The van der Waals surface area contributed by atoms with Gasteiger partial charge in [-0.2, -0.15) is 0 Å². The van der Waals surface area contributed by atoms with E-state index in [1.165, 1.54) is 0 Å². The van der Waals surface area contributed by atoms with E-state index in [1.807, 2.05) is 17.9 Å². The van der Waals surface area contributed by atoms with Crippen LogP contribution in [0.2, 0.25) is 0 Å². The Kier molecular flexibility index (Phi) is 3.88. The maximum Gasteiger partial charge on any atom is 0.257 e. The van der Waals surface area contributed by atoms with Gasteiger partial charge in [0.25, 0.3) is 11.6 Å². The third-order valence-electron chi connectivity index (χ3n) is 3.96. The summed E-state index contributed by atoms with van der Waals surface area (Å²) in [5, 5.41) is 4.68. The van der Waals surface area contributed by atoms with E-state index in [2.05, 4.69) is 22.0 Å². The van der Waals surface area contributed by atoms with Gasteiger partial charge in [-0.3, -0.25) is 9.69 Å². The quantitative estimate of drug-likeness (QED) is 0.860. The lowest BCUT2D eigenvalue weighted by atomic mass is 10.1. The largest absolute Gasteiger partial charge is 0.336 e. The van der Waals surface area contributed by atoms with Gasteiger partial charge in [-0.25, -0.2) is 4.98 Å². The zero-order valence-corrected chi connectivity index (χ0v) is 12.5. The highest BCUT2D eigenvalue weighted by Crippen LogP contribution is 2.18. The van der Waals surface area contributed by atoms with Crippen LogP contribution in [0.15, 0.2) is 16.8 Å². The lowest BCUT2D eigenvalue weighted by Crippen LogP contribution is -2.48. The number of carbonyl (C=O) groups excluding carboxylic acids is 1. The Morgan fingerprint density at radius 3 is 2.81 bits per heavy atom. The van der Waals surface area contributed by atoms with Crippen LogP contribution in [0.3, 0.4) is 0 Å². The van der Waals surface area contributed by atoms with E-state index >= 15 is 0 Å². The Balaban J connectivity index is 1.73. The molecule has 21 heavy (non-hydrogen) atoms. The van der Waals surface area contributed by atoms with Gasteiger partial charge in [0.2, 0.25) is 0 Å². The molecule has 1 saturated heterocycles. The van der Waals surface area contributed by atoms with E-state index in [-0.39, 0.29) is 5.91 Å². The number of pyridine rings is 1. The molecule has 1 aliphatic rings. The summed E-state index contributed by atoms with van der Waals surface area (Å²) in [5.41, 5.74) is 1.86. The van der Waals surface area contributed by atoms with Crippen LogP contribution in [0.1, 0.15) is 29.4 Å². The molecular weight excluding hydrogens is 268 g/mol. The smallest absolute Gasteiger partial charge is 0.257 e. The van der Waals surface area contributed by atoms with Crippen molar-refractivity contribution in [2.24, 2.45) is 0 Å². The van der Waals surface area contributed by atoms with Gasteiger partial charge >= 0.3 is 0 Å². The molecule has 0 spiro atoms. The lowest BCUT2D eigenvalue weighted by molar-refractivity contribution is 0.0637. The molecule has 3 heterocycles. The number of piperazine rings is 1. The topological polar surface area (TPSA) is 62.5 Å². The highest BCUT2D eigenvalue weighted by Gasteiger charge is 2.22. The summed E-state index contributed by atoms with van der Waals surface area (Å²) in [6.45, 7) is 8.59. The van der Waals surface area contributed by atoms with Crippen molar-refractivity contribution in [3.63, 3.8) is 0 Å². The highest BCUT2D eigenvalue weighted by molar-refractivity contribution is 5.97. The molecule has 1 amide bonds. The van der Waals surface area contributed by atoms with Crippen molar-refractivity contribution in [1.82, 2.24) is 19.9 Å². The molecular formula is C15H20N4O2. The first kappa shape index (κ1) is 14.0. The van der Waals surface area contributed by atoms with Crippen molar-refractivity contribution in [1.29, 1.82) is 0 Å². The molecule has 1 fully saturated rings. The first-order valence-corrected chi connectivity index (χ1v) is 7.42. The van der Waals surface area contributed by atoms with Crippen molar-refractivity contribution >= 4 is 17.0 Å². The number of nitrogens with zero attached hydrogens (tertiary/aromatic N) is 4. The van der Waals surface area contributed by atoms with Gasteiger partial charge in [-0.05, 0) is 26.0 Å². The summed E-state index contributed by atoms with van der Waals surface area (Å²) in [5.74, 6) is 0.0427. The van der Waals surface area contributed by atoms with Crippen molar-refractivity contribution < 1.29 is 9.32 Å². The molecule has 112 valence electrons. The molecule has 1 aliphatic heterocycles. The normalized spacial score (nSPS) is 16.6. The maximum absolute atomic E-state index is 12.6. The standard InChI is InChI=1S/C15H20N4O2/c1-3-4-18-5-7-19(8-6-18)15(20)12-9-13-11(2)17-21-14(13)16-10-12/h9-10H,3-8H2,1-2H3. The molecule has 0 N–H and O–H groups in total. The van der Waals surface area contributed by atoms with Gasteiger partial charge < -0.3 is 9.42 Å². The molecule has 0 saturated carbocycles. The zero-order chi connectivity index (χ0) is 14.8. The molecule has 6 heteroatoms. The minimum absolute atomic E-state index is 0.0427. The van der Waals surface area contributed by atoms with Crippen LogP contribution < -0.4 is 0 Å². The van der Waals surface area contributed by atoms with Crippen LogP contribution in [-0.2, 0) is 0 Å². The second-order valence-electron chi connectivity index (χ2n) is 5.48. The minimum atomic E-state index is 0.0427. The van der Waals surface area contributed by atoms with Crippen LogP contribution in [0.4, 0.5) is 0 Å². The number of aryl methyl sites for hydroxylation is 1. The third kappa shape index (κ3) is 2.76. The van der Waals surface area contributed by atoms with Crippen molar-refractivity contribution in [3.05, 3.63) is 23.5 Å². The van der Waals surface area contributed by atoms with Crippen LogP contribution in [0, 0.1) is 6.92 Å². The number of aromatic nitrogens is 2. The van der Waals surface area contributed by atoms with E-state index in [0.29, 0.717) is 11.3 Å². The average Bonchev–Trinajstić information content (AvgIpc) is 2.89. The molecule has 2 aromatic heterocycles. The highest BCUT2D eigenvalue weighted by atomic mass is 16.5. The predicted molar refractivity (Wildman–Crippen MR) is 79.2 cm³/mol. The van der Waals surface area contributed by atoms with Crippen LogP contribution in [0.5, 0.6) is 0 Å². The molecule has 0 atom stereocenters. The zero-order valence-electron chi connectivity index (χ0n) is 12.5. The third-order valence-corrected chi connectivity index (χ3v) is 3.96. The Morgan fingerprint density at radius 2 is 2.10 bits per heavy atom. The summed E-state index contributed by atoms with van der Waals surface area (Å²) < 4.78 is 5.08. The predicted octanol–water partition coefficient (Wildman–Crippen LogP) is 1.70. The van der Waals surface area contributed by atoms with Gasteiger partial charge in [0, 0.05) is 32.4 Å². The number of carbonyl (C=O) groups is 1. The number of hydrogen-bond donors (Lipinski definition) is 0. The number of rotatable bonds is 3. The Labute approximate surface area is 123 Å². The molecule has 0 bridgehead atoms. The van der Waals surface area contributed by atoms with Crippen LogP contribution in [-0.4, -0.2) is 58.6 Å². The Hall–Kier alpha value is -1.95. The molecule has 0 unspecified atom stereocenters. The SMILES string of the molecule is CCCN1CCN(C(=O)c2cnc3onc(C)c3c2)CC1. The Morgan fingerprint density at radius 1 is 1.33 bits per heavy atom. The van der Waals surface area contributed by atoms with Gasteiger partial charge in [0.1, 0.15) is 0 Å². The van der Waals surface area contributed by atoms with Crippen LogP contribution >= 0.6 is 0 Å². The summed E-state index contributed by atoms with van der Waals surface area (Å²) in [4.78, 5) is 21.0. The van der Waals surface area contributed by atoms with E-state index in [0.717, 1.165) is 50.2 Å². The van der Waals surface area contributed by atoms with Crippen LogP contribution in [0.25, 0.3) is 11.1 Å². The summed E-state index contributed by atoms with van der Waals surface area (Å²) in [7, 11) is 0. The fourth-order valence-corrected chi connectivity index (χ4v) is 2.74. The van der Waals surface area contributed by atoms with Gasteiger partial charge in [0.15, 0.2) is 0 Å². The lowest BCUT2D eigenvalue weighted by Gasteiger charge is -2.34. The van der Waals surface area contributed by atoms with Gasteiger partial charge in [-0.1, -0.05) is 12.1 Å². The van der Waals surface area contributed by atoms with Crippen molar-refractivity contribution in [2.75, 3.05) is 32.7 Å². The van der Waals surface area contributed by atoms with E-state index in [1.54, 1.807) is 6.20 Å². The molecule has 2 aromatic rings. The molecule has 0 aromatic carbocycles. The average molecular weight is 288 g/mol. The monoisotopic (exact) mass is 288 g/mol.